The number of allylic oxidation sites excluding steroid dienone is 1. The summed E-state index contributed by atoms with van der Waals surface area (Å²) in [6.45, 7) is 8.05. The molecule has 0 aromatic heterocycles. The quantitative estimate of drug-likeness (QED) is 0.462. The summed E-state index contributed by atoms with van der Waals surface area (Å²) in [5.41, 5.74) is 6.74. The van der Waals surface area contributed by atoms with E-state index in [0.717, 1.165) is 0 Å². The smallest absolute Gasteiger partial charge is 0.101 e. The van der Waals surface area contributed by atoms with Crippen molar-refractivity contribution in [2.75, 3.05) is 0 Å². The maximum Gasteiger partial charge on any atom is 0.101 e. The molecule has 0 radical (unpaired) electrons. The Morgan fingerprint density at radius 2 is 1.90 bits per heavy atom. The highest BCUT2D eigenvalue weighted by Gasteiger charge is 1.95. The lowest BCUT2D eigenvalue weighted by atomic mass is 10.2. The molecule has 0 bridgehead atoms. The molecule has 0 aliphatic carbocycles. The van der Waals surface area contributed by atoms with Crippen LogP contribution in [0.25, 0.3) is 0 Å². The van der Waals surface area contributed by atoms with Crippen molar-refractivity contribution in [2.24, 2.45) is 16.6 Å². The van der Waals surface area contributed by atoms with Gasteiger partial charge in [-0.05, 0) is 13.8 Å². The second-order valence-corrected chi connectivity index (χ2v) is 2.92. The van der Waals surface area contributed by atoms with E-state index in [1.54, 1.807) is 6.20 Å². The number of nitrogens with zero attached hydrogens (tertiary/aromatic N) is 1. The molecule has 58 valence electrons. The minimum atomic E-state index is 0.343. The number of nitrogens with two attached hydrogens (primary N) is 1. The van der Waals surface area contributed by atoms with Gasteiger partial charge in [0.05, 0.1) is 0 Å². The molecular weight excluding hydrogens is 124 g/mol. The van der Waals surface area contributed by atoms with E-state index in [9.17, 15) is 0 Å². The molecule has 0 rings (SSSR count). The van der Waals surface area contributed by atoms with Crippen LogP contribution in [-0.4, -0.2) is 5.84 Å². The van der Waals surface area contributed by atoms with Crippen LogP contribution >= 0.6 is 0 Å². The average Bonchev–Trinajstić information content (AvgIpc) is 1.82. The van der Waals surface area contributed by atoms with Gasteiger partial charge in [0.25, 0.3) is 0 Å². The van der Waals surface area contributed by atoms with Crippen LogP contribution in [0.4, 0.5) is 0 Å². The lowest BCUT2D eigenvalue weighted by Gasteiger charge is -2.00. The Labute approximate surface area is 62.8 Å². The Bertz CT molecular complexity index is 151. The summed E-state index contributed by atoms with van der Waals surface area (Å²) in [6, 6.07) is 0. The SMILES string of the molecule is CC(C)=C/N=C(\N)C(C)C. The van der Waals surface area contributed by atoms with Gasteiger partial charge in [0.1, 0.15) is 5.84 Å². The zero-order valence-corrected chi connectivity index (χ0v) is 7.18. The topological polar surface area (TPSA) is 38.4 Å². The van der Waals surface area contributed by atoms with Gasteiger partial charge in [0.15, 0.2) is 0 Å². The number of hydrogen-bond acceptors (Lipinski definition) is 1. The van der Waals surface area contributed by atoms with Gasteiger partial charge in [-0.25, -0.2) is 4.99 Å². The largest absolute Gasteiger partial charge is 0.387 e. The summed E-state index contributed by atoms with van der Waals surface area (Å²) >= 11 is 0. The summed E-state index contributed by atoms with van der Waals surface area (Å²) in [5.74, 6) is 1.04. The molecule has 0 heterocycles. The van der Waals surface area contributed by atoms with Crippen molar-refractivity contribution >= 4 is 5.84 Å². The van der Waals surface area contributed by atoms with Crippen molar-refractivity contribution in [2.45, 2.75) is 27.7 Å². The molecule has 0 aromatic rings. The molecule has 10 heavy (non-hydrogen) atoms. The molecule has 2 nitrogen and oxygen atoms in total. The van der Waals surface area contributed by atoms with Gasteiger partial charge < -0.3 is 5.73 Å². The third-order valence-electron chi connectivity index (χ3n) is 1.06. The fraction of sp³-hybridized carbons (Fsp3) is 0.625. The predicted molar refractivity (Wildman–Crippen MR) is 45.9 cm³/mol. The van der Waals surface area contributed by atoms with Crippen LogP contribution < -0.4 is 5.73 Å². The van der Waals surface area contributed by atoms with Gasteiger partial charge >= 0.3 is 0 Å². The van der Waals surface area contributed by atoms with Crippen LogP contribution in [-0.2, 0) is 0 Å². The predicted octanol–water partition coefficient (Wildman–Crippen LogP) is 1.92. The van der Waals surface area contributed by atoms with Gasteiger partial charge in [-0.15, -0.1) is 0 Å². The van der Waals surface area contributed by atoms with E-state index in [0.29, 0.717) is 11.8 Å². The fourth-order valence-corrected chi connectivity index (χ4v) is 0.353. The maximum atomic E-state index is 5.57. The van der Waals surface area contributed by atoms with E-state index in [1.807, 2.05) is 27.7 Å². The maximum absolute atomic E-state index is 5.57. The zero-order valence-electron chi connectivity index (χ0n) is 7.18. The van der Waals surface area contributed by atoms with E-state index in [4.69, 9.17) is 5.73 Å². The summed E-state index contributed by atoms with van der Waals surface area (Å²) < 4.78 is 0. The zero-order chi connectivity index (χ0) is 8.15. The van der Waals surface area contributed by atoms with Gasteiger partial charge in [0.2, 0.25) is 0 Å². The lowest BCUT2D eigenvalue weighted by Crippen LogP contribution is -2.17. The Morgan fingerprint density at radius 1 is 1.40 bits per heavy atom. The molecule has 0 aliphatic heterocycles. The lowest BCUT2D eigenvalue weighted by molar-refractivity contribution is 0.872. The fourth-order valence-electron chi connectivity index (χ4n) is 0.353. The highest BCUT2D eigenvalue weighted by molar-refractivity contribution is 5.82. The third-order valence-corrected chi connectivity index (χ3v) is 1.06. The third kappa shape index (κ3) is 4.13. The van der Waals surface area contributed by atoms with Crippen LogP contribution in [0, 0.1) is 5.92 Å². The number of hydrogen-bond donors (Lipinski definition) is 1. The monoisotopic (exact) mass is 140 g/mol. The molecule has 0 fully saturated rings. The van der Waals surface area contributed by atoms with E-state index in [2.05, 4.69) is 4.99 Å². The van der Waals surface area contributed by atoms with Crippen LogP contribution in [0.1, 0.15) is 27.7 Å². The first-order valence-electron chi connectivity index (χ1n) is 3.50. The molecular formula is C8H16N2. The Hall–Kier alpha value is -0.790. The van der Waals surface area contributed by atoms with Crippen molar-refractivity contribution in [3.05, 3.63) is 11.8 Å². The van der Waals surface area contributed by atoms with E-state index >= 15 is 0 Å². The molecule has 0 amide bonds. The first-order valence-corrected chi connectivity index (χ1v) is 3.50. The molecule has 0 aliphatic rings. The normalized spacial score (nSPS) is 11.9. The molecule has 0 atom stereocenters. The Balaban J connectivity index is 4.05. The van der Waals surface area contributed by atoms with Gasteiger partial charge in [-0.2, -0.15) is 0 Å². The van der Waals surface area contributed by atoms with Crippen molar-refractivity contribution in [1.29, 1.82) is 0 Å². The van der Waals surface area contributed by atoms with E-state index in [-0.39, 0.29) is 0 Å². The van der Waals surface area contributed by atoms with E-state index < -0.39 is 0 Å². The highest BCUT2D eigenvalue weighted by atomic mass is 14.8. The molecule has 0 unspecified atom stereocenters. The highest BCUT2D eigenvalue weighted by Crippen LogP contribution is 1.94. The van der Waals surface area contributed by atoms with Crippen molar-refractivity contribution in [3.8, 4) is 0 Å². The number of aliphatic imine (C=N–C) groups is 1. The van der Waals surface area contributed by atoms with Crippen molar-refractivity contribution in [3.63, 3.8) is 0 Å². The summed E-state index contributed by atoms with van der Waals surface area (Å²) in [5, 5.41) is 0. The number of rotatable bonds is 2. The summed E-state index contributed by atoms with van der Waals surface area (Å²) in [6.07, 6.45) is 1.79. The van der Waals surface area contributed by atoms with Gasteiger partial charge in [-0.1, -0.05) is 19.4 Å². The minimum absolute atomic E-state index is 0.343. The molecule has 0 saturated heterocycles. The second-order valence-electron chi connectivity index (χ2n) is 2.92. The second kappa shape index (κ2) is 4.09. The Kier molecular flexibility index (Phi) is 3.77. The molecule has 0 aromatic carbocycles. The van der Waals surface area contributed by atoms with Gasteiger partial charge in [0, 0.05) is 12.1 Å². The summed E-state index contributed by atoms with van der Waals surface area (Å²) in [4.78, 5) is 4.06. The average molecular weight is 140 g/mol. The summed E-state index contributed by atoms with van der Waals surface area (Å²) in [7, 11) is 0. The standard InChI is InChI=1S/C8H16N2/c1-6(2)5-10-8(9)7(3)4/h5,7H,1-4H3,(H2,9,10). The first-order chi connectivity index (χ1) is 4.54. The van der Waals surface area contributed by atoms with Gasteiger partial charge in [-0.3, -0.25) is 0 Å². The van der Waals surface area contributed by atoms with Crippen LogP contribution in [0.15, 0.2) is 16.8 Å². The van der Waals surface area contributed by atoms with E-state index in [1.165, 1.54) is 5.57 Å². The molecule has 2 N–H and O–H groups in total. The van der Waals surface area contributed by atoms with Crippen molar-refractivity contribution < 1.29 is 0 Å². The minimum Gasteiger partial charge on any atom is -0.387 e. The molecule has 0 spiro atoms. The first kappa shape index (κ1) is 9.21. The van der Waals surface area contributed by atoms with Crippen LogP contribution in [0.3, 0.4) is 0 Å². The number of amidine groups is 1. The van der Waals surface area contributed by atoms with Crippen LogP contribution in [0.2, 0.25) is 0 Å². The molecule has 2 heteroatoms. The van der Waals surface area contributed by atoms with Crippen molar-refractivity contribution in [1.82, 2.24) is 0 Å². The Morgan fingerprint density at radius 3 is 2.20 bits per heavy atom. The van der Waals surface area contributed by atoms with Crippen LogP contribution in [0.5, 0.6) is 0 Å². The molecule has 0 saturated carbocycles.